The average Bonchev–Trinajstić information content (AvgIpc) is 3.52. The van der Waals surface area contributed by atoms with E-state index in [1.165, 1.54) is 35.1 Å². The van der Waals surface area contributed by atoms with Gasteiger partial charge in [-0.3, -0.25) is 4.79 Å². The van der Waals surface area contributed by atoms with E-state index in [1.807, 2.05) is 35.6 Å². The van der Waals surface area contributed by atoms with E-state index in [0.717, 1.165) is 40.2 Å². The molecule has 4 nitrogen and oxygen atoms in total. The molecule has 1 unspecified atom stereocenters. The van der Waals surface area contributed by atoms with Crippen LogP contribution in [0.3, 0.4) is 0 Å². The first-order valence-corrected chi connectivity index (χ1v) is 12.0. The fourth-order valence-corrected chi connectivity index (χ4v) is 6.36. The van der Waals surface area contributed by atoms with E-state index in [4.69, 9.17) is 14.7 Å². The number of ketones is 1. The molecule has 0 radical (unpaired) electrons. The van der Waals surface area contributed by atoms with Crippen molar-refractivity contribution in [1.29, 1.82) is 0 Å². The molecule has 0 N–H and O–H groups in total. The quantitative estimate of drug-likeness (QED) is 0.290. The molecule has 1 atom stereocenters. The molecule has 0 aliphatic heterocycles. The summed E-state index contributed by atoms with van der Waals surface area (Å²) in [4.78, 5) is 25.2. The second-order valence-corrected chi connectivity index (χ2v) is 10.2. The molecule has 0 saturated heterocycles. The lowest BCUT2D eigenvalue weighted by molar-refractivity contribution is 0.102. The molecule has 6 heteroatoms. The van der Waals surface area contributed by atoms with Crippen LogP contribution in [0.1, 0.15) is 58.7 Å². The van der Waals surface area contributed by atoms with Gasteiger partial charge in [-0.2, -0.15) is 0 Å². The molecule has 0 bridgehead atoms. The summed E-state index contributed by atoms with van der Waals surface area (Å²) in [5, 5.41) is 2.22. The average molecular weight is 425 g/mol. The lowest BCUT2D eigenvalue weighted by Crippen LogP contribution is -2.09. The van der Waals surface area contributed by atoms with Crippen LogP contribution in [-0.4, -0.2) is 28.6 Å². The Morgan fingerprint density at radius 1 is 1.21 bits per heavy atom. The number of Topliss-reactive ketones (excluding diaryl/α,β-unsaturated/α-hetero) is 1. The molecule has 1 saturated carbocycles. The summed E-state index contributed by atoms with van der Waals surface area (Å²) in [5.41, 5.74) is 2.15. The van der Waals surface area contributed by atoms with Gasteiger partial charge in [-0.15, -0.1) is 11.3 Å². The summed E-state index contributed by atoms with van der Waals surface area (Å²) in [7, 11) is 1.63. The predicted octanol–water partition coefficient (Wildman–Crippen LogP) is 5.68. The molecule has 1 fully saturated rings. The van der Waals surface area contributed by atoms with E-state index in [1.54, 1.807) is 18.9 Å². The molecule has 2 heterocycles. The van der Waals surface area contributed by atoms with Crippen molar-refractivity contribution in [1.82, 2.24) is 9.97 Å². The van der Waals surface area contributed by atoms with Crippen LogP contribution in [0, 0.1) is 5.92 Å². The van der Waals surface area contributed by atoms with Crippen LogP contribution in [-0.2, 0) is 12.8 Å². The van der Waals surface area contributed by atoms with Gasteiger partial charge in [0.25, 0.3) is 0 Å². The number of hydrogen-bond donors (Lipinski definition) is 0. The van der Waals surface area contributed by atoms with Crippen molar-refractivity contribution in [3.63, 3.8) is 0 Å². The molecule has 5 rings (SSSR count). The summed E-state index contributed by atoms with van der Waals surface area (Å²) < 4.78 is 5.19. The zero-order valence-corrected chi connectivity index (χ0v) is 18.4. The molecule has 2 aromatic heterocycles. The number of carbonyl (C=O) groups is 1. The summed E-state index contributed by atoms with van der Waals surface area (Å²) in [6.45, 7) is 2.33. The van der Waals surface area contributed by atoms with Crippen molar-refractivity contribution in [2.75, 3.05) is 12.9 Å². The van der Waals surface area contributed by atoms with E-state index in [-0.39, 0.29) is 5.78 Å². The zero-order valence-electron chi connectivity index (χ0n) is 16.7. The second kappa shape index (κ2) is 7.73. The van der Waals surface area contributed by atoms with Gasteiger partial charge in [-0.25, -0.2) is 9.97 Å². The molecule has 2 aliphatic carbocycles. The van der Waals surface area contributed by atoms with Gasteiger partial charge in [0.2, 0.25) is 0 Å². The number of fused-ring (bicyclic) bond motifs is 3. The predicted molar refractivity (Wildman–Crippen MR) is 119 cm³/mol. The van der Waals surface area contributed by atoms with Gasteiger partial charge in [0.1, 0.15) is 21.4 Å². The van der Waals surface area contributed by atoms with Crippen LogP contribution in [0.2, 0.25) is 0 Å². The number of benzene rings is 1. The Kier molecular flexibility index (Phi) is 5.08. The smallest absolute Gasteiger partial charge is 0.173 e. The van der Waals surface area contributed by atoms with Crippen LogP contribution in [0.5, 0.6) is 5.75 Å². The van der Waals surface area contributed by atoms with Gasteiger partial charge in [0.15, 0.2) is 5.78 Å². The molecular formula is C23H24N2O2S2. The number of aryl methyl sites for hydroxylation is 1. The van der Waals surface area contributed by atoms with Crippen molar-refractivity contribution < 1.29 is 9.53 Å². The standard InChI is InChI=1S/C23H24N2O2S2/c1-13-3-10-17-19(11-13)29-23-20(17)22(24-21(25-23)15-4-5-15)28-12-18(26)14-6-8-16(27-2)9-7-14/h6-9,13,15H,3-5,10-12H2,1-2H3. The third-order valence-corrected chi connectivity index (χ3v) is 7.96. The van der Waals surface area contributed by atoms with Crippen molar-refractivity contribution in [3.8, 4) is 5.75 Å². The molecule has 29 heavy (non-hydrogen) atoms. The zero-order chi connectivity index (χ0) is 20.0. The number of aromatic nitrogens is 2. The highest BCUT2D eigenvalue weighted by Crippen LogP contribution is 2.44. The monoisotopic (exact) mass is 424 g/mol. The first kappa shape index (κ1) is 19.1. The largest absolute Gasteiger partial charge is 0.497 e. The van der Waals surface area contributed by atoms with Gasteiger partial charge in [-0.05, 0) is 67.9 Å². The number of carbonyl (C=O) groups excluding carboxylic acids is 1. The van der Waals surface area contributed by atoms with Crippen LogP contribution in [0.15, 0.2) is 29.3 Å². The summed E-state index contributed by atoms with van der Waals surface area (Å²) >= 11 is 3.42. The number of methoxy groups -OCH3 is 1. The van der Waals surface area contributed by atoms with Gasteiger partial charge in [0.05, 0.1) is 12.9 Å². The first-order valence-electron chi connectivity index (χ1n) is 10.2. The minimum Gasteiger partial charge on any atom is -0.497 e. The van der Waals surface area contributed by atoms with E-state index in [9.17, 15) is 4.79 Å². The van der Waals surface area contributed by atoms with E-state index in [2.05, 4.69) is 6.92 Å². The molecule has 0 spiro atoms. The highest BCUT2D eigenvalue weighted by molar-refractivity contribution is 8.00. The SMILES string of the molecule is COc1ccc(C(=O)CSc2nc(C3CC3)nc3sc4c(c23)CCC(C)C4)cc1. The number of hydrogen-bond acceptors (Lipinski definition) is 6. The van der Waals surface area contributed by atoms with Crippen molar-refractivity contribution in [2.24, 2.45) is 5.92 Å². The fraction of sp³-hybridized carbons (Fsp3) is 0.435. The molecule has 3 aromatic rings. The Morgan fingerprint density at radius 3 is 2.72 bits per heavy atom. The maximum absolute atomic E-state index is 12.8. The Hall–Kier alpha value is -1.92. The number of rotatable bonds is 6. The maximum atomic E-state index is 12.8. The van der Waals surface area contributed by atoms with E-state index in [0.29, 0.717) is 17.2 Å². The topological polar surface area (TPSA) is 52.1 Å². The van der Waals surface area contributed by atoms with Crippen LogP contribution in [0.25, 0.3) is 10.2 Å². The van der Waals surface area contributed by atoms with Crippen LogP contribution >= 0.6 is 23.1 Å². The summed E-state index contributed by atoms with van der Waals surface area (Å²) in [6.07, 6.45) is 5.83. The molecule has 1 aromatic carbocycles. The third kappa shape index (κ3) is 3.80. The van der Waals surface area contributed by atoms with Gasteiger partial charge < -0.3 is 4.74 Å². The normalized spacial score (nSPS) is 18.6. The van der Waals surface area contributed by atoms with Crippen molar-refractivity contribution in [3.05, 3.63) is 46.1 Å². The highest BCUT2D eigenvalue weighted by Gasteiger charge is 2.30. The Labute approximate surface area is 179 Å². The number of thiophene rings is 1. The Balaban J connectivity index is 1.45. The number of nitrogens with zero attached hydrogens (tertiary/aromatic N) is 2. The van der Waals surface area contributed by atoms with E-state index >= 15 is 0 Å². The van der Waals surface area contributed by atoms with Gasteiger partial charge in [-0.1, -0.05) is 18.7 Å². The van der Waals surface area contributed by atoms with Crippen molar-refractivity contribution >= 4 is 39.1 Å². The second-order valence-electron chi connectivity index (χ2n) is 8.13. The third-order valence-electron chi connectivity index (χ3n) is 5.83. The lowest BCUT2D eigenvalue weighted by atomic mass is 9.89. The van der Waals surface area contributed by atoms with Crippen LogP contribution in [0.4, 0.5) is 0 Å². The molecular weight excluding hydrogens is 400 g/mol. The number of thioether (sulfide) groups is 1. The Morgan fingerprint density at radius 2 is 2.00 bits per heavy atom. The molecule has 150 valence electrons. The fourth-order valence-electron chi connectivity index (χ4n) is 3.95. The highest BCUT2D eigenvalue weighted by atomic mass is 32.2. The van der Waals surface area contributed by atoms with Gasteiger partial charge >= 0.3 is 0 Å². The first-order chi connectivity index (χ1) is 14.1. The van der Waals surface area contributed by atoms with Gasteiger partial charge in [0, 0.05) is 21.7 Å². The lowest BCUT2D eigenvalue weighted by Gasteiger charge is -2.18. The summed E-state index contributed by atoms with van der Waals surface area (Å²) in [5.74, 6) is 3.50. The summed E-state index contributed by atoms with van der Waals surface area (Å²) in [6, 6.07) is 7.34. The maximum Gasteiger partial charge on any atom is 0.173 e. The Bertz CT molecular complexity index is 1070. The minimum atomic E-state index is 0.120. The molecule has 0 amide bonds. The number of ether oxygens (including phenoxy) is 1. The van der Waals surface area contributed by atoms with Crippen LogP contribution < -0.4 is 4.74 Å². The molecule has 2 aliphatic rings. The minimum absolute atomic E-state index is 0.120. The van der Waals surface area contributed by atoms with E-state index < -0.39 is 0 Å². The van der Waals surface area contributed by atoms with Crippen molar-refractivity contribution in [2.45, 2.75) is 50.0 Å².